The maximum atomic E-state index is 12.8. The monoisotopic (exact) mass is 346 g/mol. The molecule has 0 fully saturated rings. The van der Waals surface area contributed by atoms with Crippen LogP contribution in [0.5, 0.6) is 0 Å². The number of methoxy groups -OCH3 is 1. The Morgan fingerprint density at radius 2 is 2.04 bits per heavy atom. The summed E-state index contributed by atoms with van der Waals surface area (Å²) in [7, 11) is 1.23. The fourth-order valence-electron chi connectivity index (χ4n) is 2.48. The van der Waals surface area contributed by atoms with E-state index in [2.05, 4.69) is 4.74 Å². The van der Waals surface area contributed by atoms with Crippen molar-refractivity contribution in [2.75, 3.05) is 12.9 Å². The first-order valence-electron chi connectivity index (χ1n) is 6.89. The molecule has 0 spiro atoms. The molecule has 23 heavy (non-hydrogen) atoms. The van der Waals surface area contributed by atoms with Crippen molar-refractivity contribution in [2.45, 2.75) is 17.7 Å². The van der Waals surface area contributed by atoms with Crippen LogP contribution in [0, 0.1) is 17.7 Å². The fourth-order valence-corrected chi connectivity index (χ4v) is 3.46. The Labute approximate surface area is 160 Å². The zero-order valence-corrected chi connectivity index (χ0v) is 15.9. The third-order valence-corrected chi connectivity index (χ3v) is 4.62. The van der Waals surface area contributed by atoms with E-state index in [1.165, 1.54) is 31.0 Å². The SMILES string of the molecule is COC(=O)C1C([O-])=CC(=O)CC1CCSc1ccc(F)cc1.[Na+]. The molecule has 0 radical (unpaired) electrons. The first-order chi connectivity index (χ1) is 10.5. The van der Waals surface area contributed by atoms with Crippen LogP contribution < -0.4 is 34.7 Å². The van der Waals surface area contributed by atoms with E-state index in [4.69, 9.17) is 0 Å². The van der Waals surface area contributed by atoms with Gasteiger partial charge in [0.05, 0.1) is 13.0 Å². The molecule has 1 aromatic rings. The topological polar surface area (TPSA) is 66.4 Å². The summed E-state index contributed by atoms with van der Waals surface area (Å²) in [4.78, 5) is 24.2. The van der Waals surface area contributed by atoms with Gasteiger partial charge in [-0.1, -0.05) is 0 Å². The molecule has 2 unspecified atom stereocenters. The summed E-state index contributed by atoms with van der Waals surface area (Å²) in [5, 5.41) is 11.9. The van der Waals surface area contributed by atoms with Crippen molar-refractivity contribution >= 4 is 23.5 Å². The summed E-state index contributed by atoms with van der Waals surface area (Å²) >= 11 is 1.49. The second kappa shape index (κ2) is 9.47. The van der Waals surface area contributed by atoms with Gasteiger partial charge in [-0.25, -0.2) is 4.39 Å². The number of carbonyl (C=O) groups excluding carboxylic acids is 2. The molecule has 2 rings (SSSR count). The van der Waals surface area contributed by atoms with Crippen LogP contribution >= 0.6 is 11.8 Å². The summed E-state index contributed by atoms with van der Waals surface area (Å²) < 4.78 is 17.5. The summed E-state index contributed by atoms with van der Waals surface area (Å²) in [5.74, 6) is -2.21. The third-order valence-electron chi connectivity index (χ3n) is 3.57. The maximum absolute atomic E-state index is 12.8. The van der Waals surface area contributed by atoms with E-state index in [0.717, 1.165) is 11.0 Å². The zero-order valence-electron chi connectivity index (χ0n) is 13.1. The predicted molar refractivity (Wildman–Crippen MR) is 78.4 cm³/mol. The molecule has 0 aromatic heterocycles. The number of hydrogen-bond acceptors (Lipinski definition) is 5. The number of carbonyl (C=O) groups is 2. The van der Waals surface area contributed by atoms with Gasteiger partial charge < -0.3 is 9.84 Å². The van der Waals surface area contributed by atoms with Crippen molar-refractivity contribution in [1.29, 1.82) is 0 Å². The van der Waals surface area contributed by atoms with Gasteiger partial charge in [-0.2, -0.15) is 0 Å². The Morgan fingerprint density at radius 1 is 1.39 bits per heavy atom. The molecule has 0 heterocycles. The first kappa shape index (κ1) is 20.2. The zero-order chi connectivity index (χ0) is 16.1. The van der Waals surface area contributed by atoms with Gasteiger partial charge in [0.2, 0.25) is 0 Å². The van der Waals surface area contributed by atoms with Crippen LogP contribution in [0.25, 0.3) is 0 Å². The average Bonchev–Trinajstić information content (AvgIpc) is 2.48. The van der Waals surface area contributed by atoms with Crippen molar-refractivity contribution < 1.29 is 53.4 Å². The number of ether oxygens (including phenoxy) is 1. The second-order valence-electron chi connectivity index (χ2n) is 5.07. The Kier molecular flexibility index (Phi) is 8.33. The van der Waals surface area contributed by atoms with Gasteiger partial charge in [-0.15, -0.1) is 17.5 Å². The largest absolute Gasteiger partial charge is 1.00 e. The first-order valence-corrected chi connectivity index (χ1v) is 7.87. The van der Waals surface area contributed by atoms with Crippen LogP contribution in [-0.4, -0.2) is 24.6 Å². The van der Waals surface area contributed by atoms with Crippen LogP contribution in [0.2, 0.25) is 0 Å². The van der Waals surface area contributed by atoms with Gasteiger partial charge in [0.1, 0.15) is 5.82 Å². The van der Waals surface area contributed by atoms with Gasteiger partial charge >= 0.3 is 35.5 Å². The molecule has 0 aliphatic heterocycles. The molecular formula is C16H16FNaO4S. The van der Waals surface area contributed by atoms with E-state index in [1.807, 2.05) is 0 Å². The number of benzene rings is 1. The summed E-state index contributed by atoms with van der Waals surface area (Å²) in [6, 6.07) is 6.09. The Hall–Kier alpha value is -0.820. The van der Waals surface area contributed by atoms with Crippen LogP contribution in [0.3, 0.4) is 0 Å². The van der Waals surface area contributed by atoms with Gasteiger partial charge in [0, 0.05) is 11.3 Å². The fraction of sp³-hybridized carbons (Fsp3) is 0.375. The smallest absolute Gasteiger partial charge is 0.875 e. The molecule has 1 aliphatic rings. The van der Waals surface area contributed by atoms with Crippen molar-refractivity contribution in [2.24, 2.45) is 11.8 Å². The molecule has 2 atom stereocenters. The normalized spacial score (nSPS) is 20.4. The average molecular weight is 346 g/mol. The van der Waals surface area contributed by atoms with E-state index in [1.54, 1.807) is 12.1 Å². The number of hydrogen-bond donors (Lipinski definition) is 0. The van der Waals surface area contributed by atoms with Crippen molar-refractivity contribution in [3.63, 3.8) is 0 Å². The maximum Gasteiger partial charge on any atom is 1.00 e. The Balaban J connectivity index is 0.00000264. The molecule has 1 aromatic carbocycles. The van der Waals surface area contributed by atoms with Crippen LogP contribution in [0.4, 0.5) is 4.39 Å². The van der Waals surface area contributed by atoms with Crippen LogP contribution in [0.1, 0.15) is 12.8 Å². The van der Waals surface area contributed by atoms with Gasteiger partial charge in [0.25, 0.3) is 0 Å². The molecule has 1 aliphatic carbocycles. The quantitative estimate of drug-likeness (QED) is 0.386. The molecule has 0 N–H and O–H groups in total. The molecular weight excluding hydrogens is 330 g/mol. The summed E-state index contributed by atoms with van der Waals surface area (Å²) in [6.07, 6.45) is 1.70. The van der Waals surface area contributed by atoms with Gasteiger partial charge in [-0.3, -0.25) is 9.59 Å². The number of ketones is 1. The van der Waals surface area contributed by atoms with Gasteiger partial charge in [0.15, 0.2) is 5.78 Å². The predicted octanol–water partition coefficient (Wildman–Crippen LogP) is -1.07. The van der Waals surface area contributed by atoms with Crippen molar-refractivity contribution in [1.82, 2.24) is 0 Å². The van der Waals surface area contributed by atoms with E-state index in [-0.39, 0.29) is 53.5 Å². The van der Waals surface area contributed by atoms with Crippen molar-refractivity contribution in [3.05, 3.63) is 41.9 Å². The summed E-state index contributed by atoms with van der Waals surface area (Å²) in [6.45, 7) is 0. The minimum absolute atomic E-state index is 0. The molecule has 0 bridgehead atoms. The molecule has 0 amide bonds. The van der Waals surface area contributed by atoms with E-state index < -0.39 is 17.6 Å². The van der Waals surface area contributed by atoms with E-state index >= 15 is 0 Å². The van der Waals surface area contributed by atoms with Crippen molar-refractivity contribution in [3.8, 4) is 0 Å². The number of thioether (sulfide) groups is 1. The second-order valence-corrected chi connectivity index (χ2v) is 6.24. The number of allylic oxidation sites excluding steroid dienone is 1. The molecule has 7 heteroatoms. The van der Waals surface area contributed by atoms with Crippen LogP contribution in [0.15, 0.2) is 41.0 Å². The number of esters is 1. The minimum Gasteiger partial charge on any atom is -0.875 e. The van der Waals surface area contributed by atoms with Gasteiger partial charge in [-0.05, 0) is 48.4 Å². The standard InChI is InChI=1S/C16H17FO4S.Na/c1-21-16(20)15-10(8-12(18)9-14(15)19)6-7-22-13-4-2-11(17)3-5-13;/h2-5,9-10,15,19H,6-8H2,1H3;/q;+1/p-1. The minimum atomic E-state index is -0.892. The summed E-state index contributed by atoms with van der Waals surface area (Å²) in [5.41, 5.74) is 0. The Morgan fingerprint density at radius 3 is 2.65 bits per heavy atom. The molecule has 4 nitrogen and oxygen atoms in total. The number of rotatable bonds is 5. The molecule has 0 saturated carbocycles. The molecule has 118 valence electrons. The Bertz CT molecular complexity index is 588. The molecule has 0 saturated heterocycles. The van der Waals surface area contributed by atoms with Crippen LogP contribution in [-0.2, 0) is 14.3 Å². The van der Waals surface area contributed by atoms with E-state index in [0.29, 0.717) is 12.2 Å². The number of halogens is 1. The third kappa shape index (κ3) is 5.64. The van der Waals surface area contributed by atoms with E-state index in [9.17, 15) is 19.1 Å².